The van der Waals surface area contributed by atoms with Crippen molar-refractivity contribution in [3.05, 3.63) is 0 Å². The lowest BCUT2D eigenvalue weighted by atomic mass is 9.95. The van der Waals surface area contributed by atoms with Gasteiger partial charge in [-0.25, -0.2) is 4.79 Å². The fraction of sp³-hybridized carbons (Fsp3) is 0.500. The van der Waals surface area contributed by atoms with Crippen molar-refractivity contribution in [1.29, 1.82) is 5.26 Å². The molecule has 0 heterocycles. The third kappa shape index (κ3) is 2.67. The van der Waals surface area contributed by atoms with Gasteiger partial charge in [0.15, 0.2) is 0 Å². The Morgan fingerprint density at radius 3 is 2.27 bits per heavy atom. The Hall–Kier alpha value is -1.57. The number of rotatable bonds is 1. The third-order valence-electron chi connectivity index (χ3n) is 1.08. The molecule has 0 bridgehead atoms. The molecule has 3 N–H and O–H groups in total. The molecule has 0 unspecified atom stereocenters. The van der Waals surface area contributed by atoms with Crippen LogP contribution < -0.4 is 11.1 Å². The first-order valence-electron chi connectivity index (χ1n) is 2.92. The van der Waals surface area contributed by atoms with E-state index in [2.05, 4.69) is 5.73 Å². The van der Waals surface area contributed by atoms with E-state index in [0.717, 1.165) is 0 Å². The van der Waals surface area contributed by atoms with Crippen molar-refractivity contribution in [2.75, 3.05) is 0 Å². The van der Waals surface area contributed by atoms with Crippen LogP contribution in [0.1, 0.15) is 13.8 Å². The van der Waals surface area contributed by atoms with Gasteiger partial charge in [0, 0.05) is 0 Å². The van der Waals surface area contributed by atoms with Crippen molar-refractivity contribution in [2.24, 2.45) is 11.1 Å². The predicted octanol–water partition coefficient (Wildman–Crippen LogP) is -0.269. The predicted molar refractivity (Wildman–Crippen MR) is 37.1 cm³/mol. The molecular weight excluding hydrogens is 146 g/mol. The molecule has 0 saturated carbocycles. The first-order chi connectivity index (χ1) is 4.90. The maximum absolute atomic E-state index is 10.9. The lowest BCUT2D eigenvalue weighted by Gasteiger charge is -2.11. The van der Waals surface area contributed by atoms with Gasteiger partial charge in [0.05, 0.1) is 6.07 Å². The average molecular weight is 155 g/mol. The summed E-state index contributed by atoms with van der Waals surface area (Å²) in [5.41, 5.74) is 3.45. The smallest absolute Gasteiger partial charge is 0.318 e. The van der Waals surface area contributed by atoms with Gasteiger partial charge in [0.2, 0.25) is 5.91 Å². The van der Waals surface area contributed by atoms with E-state index in [9.17, 15) is 9.59 Å². The summed E-state index contributed by atoms with van der Waals surface area (Å²) >= 11 is 0. The molecule has 0 atom stereocenters. The summed E-state index contributed by atoms with van der Waals surface area (Å²) in [6.07, 6.45) is 0. The molecule has 0 rings (SSSR count). The van der Waals surface area contributed by atoms with Gasteiger partial charge in [-0.2, -0.15) is 5.26 Å². The van der Waals surface area contributed by atoms with Crippen LogP contribution in [0.3, 0.4) is 0 Å². The van der Waals surface area contributed by atoms with E-state index >= 15 is 0 Å². The van der Waals surface area contributed by atoms with Crippen molar-refractivity contribution in [3.63, 3.8) is 0 Å². The first kappa shape index (κ1) is 9.43. The molecule has 0 fully saturated rings. The normalized spacial score (nSPS) is 9.91. The largest absolute Gasteiger partial charge is 0.351 e. The fourth-order valence-corrected chi connectivity index (χ4v) is 0.319. The number of hydrogen-bond donors (Lipinski definition) is 2. The lowest BCUT2D eigenvalue weighted by molar-refractivity contribution is -0.125. The summed E-state index contributed by atoms with van der Waals surface area (Å²) in [5.74, 6) is -0.687. The van der Waals surface area contributed by atoms with Gasteiger partial charge in [0.25, 0.3) is 0 Å². The third-order valence-corrected chi connectivity index (χ3v) is 1.08. The van der Waals surface area contributed by atoms with Gasteiger partial charge < -0.3 is 5.73 Å². The van der Waals surface area contributed by atoms with Crippen LogP contribution in [-0.4, -0.2) is 11.9 Å². The molecule has 11 heavy (non-hydrogen) atoms. The number of nitrogens with two attached hydrogens (primary N) is 1. The standard InChI is InChI=1S/C6H9N3O2/c1-6(2,3-7)4(10)9-5(8)11/h1-2H3,(H3,8,9,10,11). The number of urea groups is 1. The highest BCUT2D eigenvalue weighted by molar-refractivity contribution is 5.97. The number of primary amides is 1. The van der Waals surface area contributed by atoms with Gasteiger partial charge in [-0.3, -0.25) is 10.1 Å². The molecule has 0 aromatic heterocycles. The van der Waals surface area contributed by atoms with Crippen LogP contribution in [0.2, 0.25) is 0 Å². The van der Waals surface area contributed by atoms with Crippen LogP contribution in [-0.2, 0) is 4.79 Å². The molecule has 0 aromatic rings. The monoisotopic (exact) mass is 155 g/mol. The molecule has 60 valence electrons. The Balaban J connectivity index is 4.28. The summed E-state index contributed by atoms with van der Waals surface area (Å²) in [7, 11) is 0. The number of imide groups is 1. The molecule has 0 aliphatic rings. The summed E-state index contributed by atoms with van der Waals surface area (Å²) < 4.78 is 0. The van der Waals surface area contributed by atoms with E-state index in [1.807, 2.05) is 5.32 Å². The van der Waals surface area contributed by atoms with Crippen LogP contribution in [0, 0.1) is 16.7 Å². The number of nitrogens with one attached hydrogen (secondary N) is 1. The SMILES string of the molecule is CC(C)(C#N)C(=O)NC(N)=O. The lowest BCUT2D eigenvalue weighted by Crippen LogP contribution is -2.42. The van der Waals surface area contributed by atoms with Gasteiger partial charge in [-0.15, -0.1) is 0 Å². The molecule has 0 spiro atoms. The Labute approximate surface area is 64.2 Å². The summed E-state index contributed by atoms with van der Waals surface area (Å²) in [4.78, 5) is 21.0. The van der Waals surface area contributed by atoms with Crippen molar-refractivity contribution in [2.45, 2.75) is 13.8 Å². The number of amides is 3. The van der Waals surface area contributed by atoms with Gasteiger partial charge >= 0.3 is 6.03 Å². The highest BCUT2D eigenvalue weighted by Gasteiger charge is 2.27. The Morgan fingerprint density at radius 1 is 1.55 bits per heavy atom. The molecular formula is C6H9N3O2. The second-order valence-electron chi connectivity index (χ2n) is 2.56. The van der Waals surface area contributed by atoms with Crippen molar-refractivity contribution < 1.29 is 9.59 Å². The van der Waals surface area contributed by atoms with Crippen molar-refractivity contribution >= 4 is 11.9 Å². The molecule has 5 heteroatoms. The molecule has 5 nitrogen and oxygen atoms in total. The second-order valence-corrected chi connectivity index (χ2v) is 2.56. The minimum absolute atomic E-state index is 0.687. The molecule has 0 aliphatic heterocycles. The topological polar surface area (TPSA) is 96.0 Å². The molecule has 0 radical (unpaired) electrons. The van der Waals surface area contributed by atoms with Crippen LogP contribution in [0.25, 0.3) is 0 Å². The van der Waals surface area contributed by atoms with Gasteiger partial charge in [-0.1, -0.05) is 0 Å². The van der Waals surface area contributed by atoms with E-state index in [1.165, 1.54) is 13.8 Å². The van der Waals surface area contributed by atoms with Gasteiger partial charge in [0.1, 0.15) is 5.41 Å². The highest BCUT2D eigenvalue weighted by Crippen LogP contribution is 2.11. The molecule has 0 aliphatic carbocycles. The zero-order valence-corrected chi connectivity index (χ0v) is 6.34. The van der Waals surface area contributed by atoms with E-state index < -0.39 is 17.4 Å². The maximum atomic E-state index is 10.9. The van der Waals surface area contributed by atoms with Crippen LogP contribution in [0.4, 0.5) is 4.79 Å². The maximum Gasteiger partial charge on any atom is 0.318 e. The zero-order valence-electron chi connectivity index (χ0n) is 6.34. The van der Waals surface area contributed by atoms with Crippen LogP contribution in [0.5, 0.6) is 0 Å². The van der Waals surface area contributed by atoms with Crippen molar-refractivity contribution in [1.82, 2.24) is 5.32 Å². The second kappa shape index (κ2) is 3.01. The van der Waals surface area contributed by atoms with E-state index in [0.29, 0.717) is 0 Å². The van der Waals surface area contributed by atoms with E-state index in [4.69, 9.17) is 5.26 Å². The Kier molecular flexibility index (Phi) is 2.58. The molecule has 0 saturated heterocycles. The summed E-state index contributed by atoms with van der Waals surface area (Å²) in [6, 6.07) is 0.781. The van der Waals surface area contributed by atoms with Crippen LogP contribution >= 0.6 is 0 Å². The Morgan fingerprint density at radius 2 is 2.00 bits per heavy atom. The van der Waals surface area contributed by atoms with E-state index in [-0.39, 0.29) is 0 Å². The average Bonchev–Trinajstić information content (AvgIpc) is 1.86. The van der Waals surface area contributed by atoms with Crippen molar-refractivity contribution in [3.8, 4) is 6.07 Å². The van der Waals surface area contributed by atoms with Crippen LogP contribution in [0.15, 0.2) is 0 Å². The zero-order chi connectivity index (χ0) is 9.07. The minimum Gasteiger partial charge on any atom is -0.351 e. The molecule has 3 amide bonds. The first-order valence-corrected chi connectivity index (χ1v) is 2.92. The number of carbonyl (C=O) groups excluding carboxylic acids is 2. The minimum atomic E-state index is -1.21. The van der Waals surface area contributed by atoms with Gasteiger partial charge in [-0.05, 0) is 13.8 Å². The number of carbonyl (C=O) groups is 2. The summed E-state index contributed by atoms with van der Waals surface area (Å²) in [5, 5.41) is 10.2. The highest BCUT2D eigenvalue weighted by atomic mass is 16.2. The number of nitriles is 1. The quantitative estimate of drug-likeness (QED) is 0.545. The van der Waals surface area contributed by atoms with E-state index in [1.54, 1.807) is 6.07 Å². The number of hydrogen-bond acceptors (Lipinski definition) is 3. The molecule has 0 aromatic carbocycles. The number of nitrogens with zero attached hydrogens (tertiary/aromatic N) is 1. The Bertz CT molecular complexity index is 226. The summed E-state index contributed by atoms with van der Waals surface area (Å²) in [6.45, 7) is 2.79. The fourth-order valence-electron chi connectivity index (χ4n) is 0.319.